The molecule has 1 aliphatic rings. The number of hydrogen-bond donors (Lipinski definition) is 1. The fourth-order valence-electron chi connectivity index (χ4n) is 3.12. The molecule has 0 bridgehead atoms. The molecule has 4 rings (SSSR count). The summed E-state index contributed by atoms with van der Waals surface area (Å²) in [6, 6.07) is 7.74. The third-order valence-corrected chi connectivity index (χ3v) is 6.42. The van der Waals surface area contributed by atoms with Crippen molar-refractivity contribution in [3.05, 3.63) is 56.9 Å². The summed E-state index contributed by atoms with van der Waals surface area (Å²) in [6.07, 6.45) is 6.54. The van der Waals surface area contributed by atoms with Gasteiger partial charge in [0.1, 0.15) is 15.9 Å². The summed E-state index contributed by atoms with van der Waals surface area (Å²) < 4.78 is 7.00. The number of nitriles is 1. The molecule has 3 aromatic heterocycles. The van der Waals surface area contributed by atoms with Gasteiger partial charge in [-0.2, -0.15) is 5.26 Å². The van der Waals surface area contributed by atoms with Gasteiger partial charge in [0.2, 0.25) is 0 Å². The van der Waals surface area contributed by atoms with E-state index in [1.54, 1.807) is 5.38 Å². The number of esters is 1. The quantitative estimate of drug-likeness (QED) is 0.665. The van der Waals surface area contributed by atoms with Crippen LogP contribution in [-0.4, -0.2) is 23.1 Å². The van der Waals surface area contributed by atoms with Crippen LogP contribution in [0.5, 0.6) is 0 Å². The number of amides is 1. The number of aromatic nitrogens is 1. The Bertz CT molecular complexity index is 1040. The summed E-state index contributed by atoms with van der Waals surface area (Å²) in [7, 11) is 0. The highest BCUT2D eigenvalue weighted by Gasteiger charge is 2.23. The minimum Gasteiger partial charge on any atom is -0.451 e. The molecule has 1 aliphatic carbocycles. The summed E-state index contributed by atoms with van der Waals surface area (Å²) in [6.45, 7) is -0.394. The largest absolute Gasteiger partial charge is 0.451 e. The third-order valence-electron chi connectivity index (χ3n) is 4.33. The fraction of sp³-hybridized carbons (Fsp3) is 0.211. The second-order valence-corrected chi connectivity index (χ2v) is 8.04. The first-order valence-corrected chi connectivity index (χ1v) is 10.1. The van der Waals surface area contributed by atoms with Gasteiger partial charge in [-0.25, -0.2) is 4.79 Å². The standard InChI is InChI=1S/C19H15N3O3S2/c20-10-13-12-4-3-5-15(12)27-18(13)21-16(23)11-25-19(24)17-14(6-9-26-17)22-7-1-2-8-22/h1-2,6-9H,3-5,11H2,(H,21,23). The van der Waals surface area contributed by atoms with Crippen molar-refractivity contribution in [1.29, 1.82) is 5.26 Å². The number of nitrogens with zero attached hydrogens (tertiary/aromatic N) is 2. The second-order valence-electron chi connectivity index (χ2n) is 6.02. The summed E-state index contributed by atoms with van der Waals surface area (Å²) in [5, 5.41) is 14.4. The number of rotatable bonds is 5. The van der Waals surface area contributed by atoms with E-state index in [-0.39, 0.29) is 0 Å². The lowest BCUT2D eigenvalue weighted by Gasteiger charge is -2.07. The minimum atomic E-state index is -0.543. The lowest BCUT2D eigenvalue weighted by atomic mass is 10.1. The lowest BCUT2D eigenvalue weighted by molar-refractivity contribution is -0.119. The SMILES string of the molecule is N#Cc1c(NC(=O)COC(=O)c2sccc2-n2cccc2)sc2c1CCC2. The number of carbonyl (C=O) groups is 2. The average Bonchev–Trinajstić information content (AvgIpc) is 3.42. The van der Waals surface area contributed by atoms with E-state index in [9.17, 15) is 14.9 Å². The highest BCUT2D eigenvalue weighted by atomic mass is 32.1. The Balaban J connectivity index is 1.40. The Labute approximate surface area is 163 Å². The fourth-order valence-corrected chi connectivity index (χ4v) is 5.16. The Morgan fingerprint density at radius 2 is 2.11 bits per heavy atom. The summed E-state index contributed by atoms with van der Waals surface area (Å²) in [5.41, 5.74) is 2.31. The zero-order valence-electron chi connectivity index (χ0n) is 14.2. The average molecular weight is 397 g/mol. The third kappa shape index (κ3) is 3.39. The summed E-state index contributed by atoms with van der Waals surface area (Å²) in [4.78, 5) is 26.2. The van der Waals surface area contributed by atoms with Gasteiger partial charge in [0.25, 0.3) is 5.91 Å². The van der Waals surface area contributed by atoms with Crippen molar-refractivity contribution >= 4 is 39.6 Å². The number of carbonyl (C=O) groups excluding carboxylic acids is 2. The summed E-state index contributed by atoms with van der Waals surface area (Å²) >= 11 is 2.70. The molecule has 0 saturated carbocycles. The van der Waals surface area contributed by atoms with Crippen LogP contribution in [0.3, 0.4) is 0 Å². The van der Waals surface area contributed by atoms with E-state index in [2.05, 4.69) is 11.4 Å². The molecular formula is C19H15N3O3S2. The Morgan fingerprint density at radius 3 is 2.89 bits per heavy atom. The molecule has 27 heavy (non-hydrogen) atoms. The maximum Gasteiger partial charge on any atom is 0.350 e. The van der Waals surface area contributed by atoms with Crippen LogP contribution in [0.4, 0.5) is 5.00 Å². The molecule has 0 spiro atoms. The van der Waals surface area contributed by atoms with Gasteiger partial charge in [-0.3, -0.25) is 4.79 Å². The normalized spacial score (nSPS) is 12.4. The second kappa shape index (κ2) is 7.39. The number of nitrogens with one attached hydrogen (secondary N) is 1. The minimum absolute atomic E-state index is 0.394. The molecule has 136 valence electrons. The first-order valence-electron chi connectivity index (χ1n) is 8.40. The molecule has 0 unspecified atom stereocenters. The van der Waals surface area contributed by atoms with E-state index in [4.69, 9.17) is 4.74 Å². The van der Waals surface area contributed by atoms with Crippen LogP contribution in [0.15, 0.2) is 36.0 Å². The van der Waals surface area contributed by atoms with Gasteiger partial charge in [-0.1, -0.05) is 0 Å². The van der Waals surface area contributed by atoms with Gasteiger partial charge >= 0.3 is 5.97 Å². The molecule has 6 nitrogen and oxygen atoms in total. The van der Waals surface area contributed by atoms with Crippen molar-refractivity contribution in [1.82, 2.24) is 4.57 Å². The molecule has 0 atom stereocenters. The number of ether oxygens (including phenoxy) is 1. The summed E-state index contributed by atoms with van der Waals surface area (Å²) in [5.74, 6) is -0.989. The molecule has 3 aromatic rings. The smallest absolute Gasteiger partial charge is 0.350 e. The molecule has 1 amide bonds. The van der Waals surface area contributed by atoms with Crippen LogP contribution in [0.2, 0.25) is 0 Å². The predicted octanol–water partition coefficient (Wildman–Crippen LogP) is 3.76. The van der Waals surface area contributed by atoms with Gasteiger partial charge in [0, 0.05) is 17.3 Å². The number of anilines is 1. The van der Waals surface area contributed by atoms with Crippen molar-refractivity contribution in [2.45, 2.75) is 19.3 Å². The predicted molar refractivity (Wildman–Crippen MR) is 104 cm³/mol. The molecular weight excluding hydrogens is 382 g/mol. The van der Waals surface area contributed by atoms with Gasteiger partial charge in [-0.05, 0) is 48.4 Å². The molecule has 8 heteroatoms. The number of thiophene rings is 2. The van der Waals surface area contributed by atoms with Crippen LogP contribution < -0.4 is 5.32 Å². The maximum atomic E-state index is 12.4. The first kappa shape index (κ1) is 17.5. The van der Waals surface area contributed by atoms with E-state index in [1.807, 2.05) is 35.2 Å². The van der Waals surface area contributed by atoms with Crippen molar-refractivity contribution in [2.24, 2.45) is 0 Å². The van der Waals surface area contributed by atoms with Crippen LogP contribution in [0.25, 0.3) is 5.69 Å². The first-order chi connectivity index (χ1) is 13.2. The zero-order valence-corrected chi connectivity index (χ0v) is 15.9. The van der Waals surface area contributed by atoms with Gasteiger partial charge in [0.15, 0.2) is 6.61 Å². The Hall–Kier alpha value is -2.89. The topological polar surface area (TPSA) is 84.1 Å². The van der Waals surface area contributed by atoms with Crippen LogP contribution in [-0.2, 0) is 22.4 Å². The monoisotopic (exact) mass is 397 g/mol. The number of hydrogen-bond acceptors (Lipinski definition) is 6. The van der Waals surface area contributed by atoms with E-state index in [0.717, 1.165) is 35.4 Å². The van der Waals surface area contributed by atoms with E-state index < -0.39 is 18.5 Å². The van der Waals surface area contributed by atoms with Crippen LogP contribution in [0, 0.1) is 11.3 Å². The maximum absolute atomic E-state index is 12.4. The molecule has 0 fully saturated rings. The van der Waals surface area contributed by atoms with E-state index in [0.29, 0.717) is 15.4 Å². The number of fused-ring (bicyclic) bond motifs is 1. The van der Waals surface area contributed by atoms with E-state index >= 15 is 0 Å². The highest BCUT2D eigenvalue weighted by Crippen LogP contribution is 2.38. The van der Waals surface area contributed by atoms with Crippen LogP contribution >= 0.6 is 22.7 Å². The van der Waals surface area contributed by atoms with E-state index in [1.165, 1.54) is 22.7 Å². The van der Waals surface area contributed by atoms with Gasteiger partial charge < -0.3 is 14.6 Å². The van der Waals surface area contributed by atoms with Crippen molar-refractivity contribution in [3.8, 4) is 11.8 Å². The molecule has 0 aromatic carbocycles. The van der Waals surface area contributed by atoms with Gasteiger partial charge in [0.05, 0.1) is 11.3 Å². The zero-order chi connectivity index (χ0) is 18.8. The van der Waals surface area contributed by atoms with Gasteiger partial charge in [-0.15, -0.1) is 22.7 Å². The Morgan fingerprint density at radius 1 is 1.30 bits per heavy atom. The van der Waals surface area contributed by atoms with Crippen LogP contribution in [0.1, 0.15) is 32.1 Å². The molecule has 0 saturated heterocycles. The lowest BCUT2D eigenvalue weighted by Crippen LogP contribution is -2.21. The molecule has 3 heterocycles. The Kier molecular flexibility index (Phi) is 4.79. The molecule has 1 N–H and O–H groups in total. The molecule has 0 aliphatic heterocycles. The number of aryl methyl sites for hydroxylation is 1. The highest BCUT2D eigenvalue weighted by molar-refractivity contribution is 7.16. The van der Waals surface area contributed by atoms with Crippen molar-refractivity contribution in [3.63, 3.8) is 0 Å². The molecule has 0 radical (unpaired) electrons. The van der Waals surface area contributed by atoms with Crippen molar-refractivity contribution < 1.29 is 14.3 Å². The van der Waals surface area contributed by atoms with Crippen molar-refractivity contribution in [2.75, 3.05) is 11.9 Å².